The highest BCUT2D eigenvalue weighted by atomic mass is 16.5. The van der Waals surface area contributed by atoms with E-state index in [1.54, 1.807) is 0 Å². The molecule has 0 bridgehead atoms. The zero-order valence-corrected chi connectivity index (χ0v) is 12.9. The Bertz CT molecular complexity index is 746. The van der Waals surface area contributed by atoms with E-state index in [4.69, 9.17) is 9.26 Å². The Labute approximate surface area is 129 Å². The van der Waals surface area contributed by atoms with Crippen molar-refractivity contribution in [3.63, 3.8) is 0 Å². The normalized spacial score (nSPS) is 12.1. The summed E-state index contributed by atoms with van der Waals surface area (Å²) in [5.41, 5.74) is 3.33. The zero-order chi connectivity index (χ0) is 15.5. The number of nitrogens with zero attached hydrogens (tertiary/aromatic N) is 2. The quantitative estimate of drug-likeness (QED) is 0.711. The van der Waals surface area contributed by atoms with Crippen LogP contribution in [0.15, 0.2) is 53.1 Å². The smallest absolute Gasteiger partial charge is 0.267 e. The molecule has 112 valence electrons. The Kier molecular flexibility index (Phi) is 3.92. The van der Waals surface area contributed by atoms with Crippen molar-refractivity contribution in [2.24, 2.45) is 0 Å². The van der Waals surface area contributed by atoms with Crippen molar-refractivity contribution >= 4 is 0 Å². The van der Waals surface area contributed by atoms with E-state index in [9.17, 15) is 0 Å². The van der Waals surface area contributed by atoms with Crippen LogP contribution in [0.2, 0.25) is 0 Å². The van der Waals surface area contributed by atoms with Gasteiger partial charge in [-0.3, -0.25) is 0 Å². The number of hydrogen-bond acceptors (Lipinski definition) is 4. The van der Waals surface area contributed by atoms with Gasteiger partial charge < -0.3 is 9.26 Å². The highest BCUT2D eigenvalue weighted by Gasteiger charge is 2.16. The van der Waals surface area contributed by atoms with Crippen LogP contribution in [0, 0.1) is 13.8 Å². The summed E-state index contributed by atoms with van der Waals surface area (Å²) < 4.78 is 11.1. The van der Waals surface area contributed by atoms with Crippen LogP contribution in [0.25, 0.3) is 11.4 Å². The highest BCUT2D eigenvalue weighted by Crippen LogP contribution is 2.23. The molecule has 1 aromatic heterocycles. The molecule has 0 aliphatic carbocycles. The van der Waals surface area contributed by atoms with Gasteiger partial charge in [0.25, 0.3) is 5.89 Å². The van der Waals surface area contributed by atoms with E-state index in [0.717, 1.165) is 11.3 Å². The fourth-order valence-electron chi connectivity index (χ4n) is 2.09. The molecule has 0 fully saturated rings. The fraction of sp³-hybridized carbons (Fsp3) is 0.222. The topological polar surface area (TPSA) is 48.2 Å². The number of benzene rings is 2. The van der Waals surface area contributed by atoms with Gasteiger partial charge in [-0.05, 0) is 32.9 Å². The summed E-state index contributed by atoms with van der Waals surface area (Å²) >= 11 is 0. The first kappa shape index (κ1) is 14.3. The van der Waals surface area contributed by atoms with Crippen molar-refractivity contribution in [2.75, 3.05) is 0 Å². The van der Waals surface area contributed by atoms with Crippen LogP contribution >= 0.6 is 0 Å². The standard InChI is InChI=1S/C18H18N2O2/c1-12-4-8-15(9-5-12)17-19-18(22-20-17)14(3)21-16-10-6-13(2)7-11-16/h4-11,14H,1-3H3/t14-/m1/s1. The molecular formula is C18H18N2O2. The molecule has 3 rings (SSSR count). The maximum absolute atomic E-state index is 5.83. The van der Waals surface area contributed by atoms with Crippen molar-refractivity contribution in [1.29, 1.82) is 0 Å². The first-order valence-electron chi connectivity index (χ1n) is 7.26. The van der Waals surface area contributed by atoms with Gasteiger partial charge in [-0.25, -0.2) is 0 Å². The number of aryl methyl sites for hydroxylation is 2. The van der Waals surface area contributed by atoms with Crippen molar-refractivity contribution in [3.8, 4) is 17.1 Å². The molecule has 2 aromatic carbocycles. The summed E-state index contributed by atoms with van der Waals surface area (Å²) in [5, 5.41) is 4.03. The Morgan fingerprint density at radius 2 is 1.50 bits per heavy atom. The molecule has 3 aromatic rings. The Morgan fingerprint density at radius 1 is 0.909 bits per heavy atom. The van der Waals surface area contributed by atoms with Gasteiger partial charge in [0.05, 0.1) is 0 Å². The summed E-state index contributed by atoms with van der Waals surface area (Å²) in [6.45, 7) is 5.98. The van der Waals surface area contributed by atoms with E-state index < -0.39 is 0 Å². The number of rotatable bonds is 4. The van der Waals surface area contributed by atoms with Gasteiger partial charge in [-0.15, -0.1) is 0 Å². The van der Waals surface area contributed by atoms with Crippen LogP contribution in [-0.2, 0) is 0 Å². The van der Waals surface area contributed by atoms with E-state index in [-0.39, 0.29) is 6.10 Å². The molecule has 0 saturated heterocycles. The van der Waals surface area contributed by atoms with Crippen LogP contribution in [0.5, 0.6) is 5.75 Å². The van der Waals surface area contributed by atoms with E-state index in [1.807, 2.05) is 69.3 Å². The molecule has 0 radical (unpaired) electrons. The minimum absolute atomic E-state index is 0.297. The maximum atomic E-state index is 5.83. The largest absolute Gasteiger partial charge is 0.481 e. The summed E-state index contributed by atoms with van der Waals surface area (Å²) in [7, 11) is 0. The molecule has 0 amide bonds. The molecule has 0 aliphatic rings. The summed E-state index contributed by atoms with van der Waals surface area (Å²) in [6, 6.07) is 15.9. The maximum Gasteiger partial charge on any atom is 0.267 e. The van der Waals surface area contributed by atoms with Crippen LogP contribution in [0.4, 0.5) is 0 Å². The van der Waals surface area contributed by atoms with Crippen LogP contribution in [0.1, 0.15) is 30.0 Å². The van der Waals surface area contributed by atoms with Gasteiger partial charge in [-0.1, -0.05) is 52.7 Å². The molecule has 0 aliphatic heterocycles. The molecule has 0 unspecified atom stereocenters. The van der Waals surface area contributed by atoms with Gasteiger partial charge in [-0.2, -0.15) is 4.98 Å². The predicted octanol–water partition coefficient (Wildman–Crippen LogP) is 4.49. The molecule has 22 heavy (non-hydrogen) atoms. The fourth-order valence-corrected chi connectivity index (χ4v) is 2.09. The third kappa shape index (κ3) is 3.17. The van der Waals surface area contributed by atoms with Gasteiger partial charge >= 0.3 is 0 Å². The lowest BCUT2D eigenvalue weighted by molar-refractivity contribution is 0.176. The zero-order valence-electron chi connectivity index (χ0n) is 12.9. The van der Waals surface area contributed by atoms with Crippen molar-refractivity contribution < 1.29 is 9.26 Å². The monoisotopic (exact) mass is 294 g/mol. The van der Waals surface area contributed by atoms with E-state index >= 15 is 0 Å². The second kappa shape index (κ2) is 6.02. The number of ether oxygens (including phenoxy) is 1. The third-order valence-corrected chi connectivity index (χ3v) is 3.43. The van der Waals surface area contributed by atoms with Gasteiger partial charge in [0, 0.05) is 5.56 Å². The molecular weight excluding hydrogens is 276 g/mol. The lowest BCUT2D eigenvalue weighted by Gasteiger charge is -2.10. The van der Waals surface area contributed by atoms with Gasteiger partial charge in [0.1, 0.15) is 5.75 Å². The second-order valence-electron chi connectivity index (χ2n) is 5.40. The van der Waals surface area contributed by atoms with E-state index in [0.29, 0.717) is 11.7 Å². The third-order valence-electron chi connectivity index (χ3n) is 3.43. The molecule has 0 N–H and O–H groups in total. The number of hydrogen-bond donors (Lipinski definition) is 0. The first-order valence-corrected chi connectivity index (χ1v) is 7.26. The average molecular weight is 294 g/mol. The van der Waals surface area contributed by atoms with Gasteiger partial charge in [0.15, 0.2) is 6.10 Å². The molecule has 4 heteroatoms. The lowest BCUT2D eigenvalue weighted by atomic mass is 10.1. The Balaban J connectivity index is 1.75. The second-order valence-corrected chi connectivity index (χ2v) is 5.40. The van der Waals surface area contributed by atoms with Crippen molar-refractivity contribution in [2.45, 2.75) is 26.9 Å². The Morgan fingerprint density at radius 3 is 2.14 bits per heavy atom. The summed E-state index contributed by atoms with van der Waals surface area (Å²) in [6.07, 6.45) is -0.297. The molecule has 1 atom stereocenters. The summed E-state index contributed by atoms with van der Waals surface area (Å²) in [5.74, 6) is 1.83. The number of aromatic nitrogens is 2. The van der Waals surface area contributed by atoms with E-state index in [1.165, 1.54) is 11.1 Å². The van der Waals surface area contributed by atoms with E-state index in [2.05, 4.69) is 10.1 Å². The lowest BCUT2D eigenvalue weighted by Crippen LogP contribution is -2.03. The van der Waals surface area contributed by atoms with Crippen LogP contribution in [-0.4, -0.2) is 10.1 Å². The highest BCUT2D eigenvalue weighted by molar-refractivity contribution is 5.54. The minimum atomic E-state index is -0.297. The van der Waals surface area contributed by atoms with Crippen molar-refractivity contribution in [1.82, 2.24) is 10.1 Å². The average Bonchev–Trinajstić information content (AvgIpc) is 3.00. The predicted molar refractivity (Wildman–Crippen MR) is 84.7 cm³/mol. The van der Waals surface area contributed by atoms with Crippen LogP contribution in [0.3, 0.4) is 0 Å². The molecule has 0 saturated carbocycles. The molecule has 4 nitrogen and oxygen atoms in total. The van der Waals surface area contributed by atoms with Gasteiger partial charge in [0.2, 0.25) is 5.82 Å². The minimum Gasteiger partial charge on any atom is -0.481 e. The molecule has 1 heterocycles. The SMILES string of the molecule is Cc1ccc(O[C@H](C)c2nc(-c3ccc(C)cc3)no2)cc1. The summed E-state index contributed by atoms with van der Waals surface area (Å²) in [4.78, 5) is 4.42. The Hall–Kier alpha value is -2.62. The van der Waals surface area contributed by atoms with Crippen LogP contribution < -0.4 is 4.74 Å². The van der Waals surface area contributed by atoms with Crippen molar-refractivity contribution in [3.05, 3.63) is 65.5 Å². The molecule has 0 spiro atoms. The first-order chi connectivity index (χ1) is 10.6.